The molecule has 0 aliphatic heterocycles. The number of nitrogens with zero attached hydrogens (tertiary/aromatic N) is 1. The van der Waals surface area contributed by atoms with Crippen LogP contribution in [-0.2, 0) is 0 Å². The highest BCUT2D eigenvalue weighted by Crippen LogP contribution is 2.16. The minimum Gasteiger partial charge on any atom is -0.387 e. The van der Waals surface area contributed by atoms with Gasteiger partial charge in [0, 0.05) is 23.9 Å². The van der Waals surface area contributed by atoms with Crippen LogP contribution in [-0.4, -0.2) is 40.2 Å². The quantitative estimate of drug-likeness (QED) is 0.885. The SMILES string of the molecule is CSCC(C)(O)CNC(=O)c1ccnc2ccccc12. The van der Waals surface area contributed by atoms with Crippen LogP contribution in [0.15, 0.2) is 36.5 Å². The monoisotopic (exact) mass is 290 g/mol. The number of rotatable bonds is 5. The van der Waals surface area contributed by atoms with Crippen LogP contribution in [0.1, 0.15) is 17.3 Å². The number of para-hydroxylation sites is 1. The molecule has 4 nitrogen and oxygen atoms in total. The zero-order valence-corrected chi connectivity index (χ0v) is 12.4. The van der Waals surface area contributed by atoms with E-state index in [0.29, 0.717) is 11.3 Å². The van der Waals surface area contributed by atoms with Crippen molar-refractivity contribution in [2.75, 3.05) is 18.6 Å². The third kappa shape index (κ3) is 3.49. The molecule has 20 heavy (non-hydrogen) atoms. The number of pyridine rings is 1. The fourth-order valence-electron chi connectivity index (χ4n) is 2.02. The van der Waals surface area contributed by atoms with Gasteiger partial charge in [0.2, 0.25) is 0 Å². The molecule has 0 fully saturated rings. The first kappa shape index (κ1) is 14.8. The van der Waals surface area contributed by atoms with Crippen molar-refractivity contribution in [3.05, 3.63) is 42.1 Å². The largest absolute Gasteiger partial charge is 0.387 e. The number of hydrogen-bond acceptors (Lipinski definition) is 4. The van der Waals surface area contributed by atoms with Crippen molar-refractivity contribution in [1.82, 2.24) is 10.3 Å². The second kappa shape index (κ2) is 6.24. The van der Waals surface area contributed by atoms with E-state index in [-0.39, 0.29) is 12.5 Å². The van der Waals surface area contributed by atoms with Crippen molar-refractivity contribution >= 4 is 28.6 Å². The van der Waals surface area contributed by atoms with E-state index in [1.807, 2.05) is 30.5 Å². The number of carbonyl (C=O) groups is 1. The molecule has 1 heterocycles. The third-order valence-electron chi connectivity index (χ3n) is 2.98. The molecule has 0 aliphatic carbocycles. The van der Waals surface area contributed by atoms with Crippen molar-refractivity contribution in [2.24, 2.45) is 0 Å². The molecule has 0 aliphatic rings. The van der Waals surface area contributed by atoms with Crippen LogP contribution >= 0.6 is 11.8 Å². The molecule has 2 aromatic rings. The van der Waals surface area contributed by atoms with Crippen molar-refractivity contribution in [3.63, 3.8) is 0 Å². The Kier molecular flexibility index (Phi) is 4.62. The Morgan fingerprint density at radius 3 is 2.90 bits per heavy atom. The number of benzene rings is 1. The summed E-state index contributed by atoms with van der Waals surface area (Å²) in [6, 6.07) is 9.21. The molecule has 1 amide bonds. The highest BCUT2D eigenvalue weighted by Gasteiger charge is 2.21. The lowest BCUT2D eigenvalue weighted by Gasteiger charge is -2.22. The maximum Gasteiger partial charge on any atom is 0.252 e. The predicted molar refractivity (Wildman–Crippen MR) is 83.1 cm³/mol. The van der Waals surface area contributed by atoms with Gasteiger partial charge in [0.25, 0.3) is 5.91 Å². The van der Waals surface area contributed by atoms with Crippen molar-refractivity contribution in [2.45, 2.75) is 12.5 Å². The summed E-state index contributed by atoms with van der Waals surface area (Å²) in [5, 5.41) is 13.7. The van der Waals surface area contributed by atoms with Crippen LogP contribution in [0.2, 0.25) is 0 Å². The van der Waals surface area contributed by atoms with Gasteiger partial charge in [0.15, 0.2) is 0 Å². The second-order valence-electron chi connectivity index (χ2n) is 4.99. The van der Waals surface area contributed by atoms with Crippen molar-refractivity contribution in [1.29, 1.82) is 0 Å². The van der Waals surface area contributed by atoms with Crippen LogP contribution in [0.25, 0.3) is 10.9 Å². The number of amides is 1. The highest BCUT2D eigenvalue weighted by atomic mass is 32.2. The van der Waals surface area contributed by atoms with Gasteiger partial charge in [-0.15, -0.1) is 0 Å². The van der Waals surface area contributed by atoms with E-state index in [1.54, 1.807) is 30.9 Å². The number of carbonyl (C=O) groups excluding carboxylic acids is 1. The van der Waals surface area contributed by atoms with Crippen LogP contribution in [0.4, 0.5) is 0 Å². The fourth-order valence-corrected chi connectivity index (χ4v) is 2.75. The molecule has 0 saturated heterocycles. The predicted octanol–water partition coefficient (Wildman–Crippen LogP) is 2.08. The van der Waals surface area contributed by atoms with Gasteiger partial charge in [-0.05, 0) is 25.3 Å². The number of fused-ring (bicyclic) bond motifs is 1. The van der Waals surface area contributed by atoms with Gasteiger partial charge >= 0.3 is 0 Å². The Hall–Kier alpha value is -1.59. The molecule has 0 spiro atoms. The lowest BCUT2D eigenvalue weighted by Crippen LogP contribution is -2.42. The zero-order chi connectivity index (χ0) is 14.6. The summed E-state index contributed by atoms with van der Waals surface area (Å²) in [6.07, 6.45) is 3.55. The molecular formula is C15H18N2O2S. The fraction of sp³-hybridized carbons (Fsp3) is 0.333. The summed E-state index contributed by atoms with van der Waals surface area (Å²) in [7, 11) is 0. The lowest BCUT2D eigenvalue weighted by atomic mass is 10.1. The second-order valence-corrected chi connectivity index (χ2v) is 5.85. The number of aliphatic hydroxyl groups is 1. The molecular weight excluding hydrogens is 272 g/mol. The summed E-state index contributed by atoms with van der Waals surface area (Å²) < 4.78 is 0. The number of aromatic nitrogens is 1. The molecule has 1 atom stereocenters. The van der Waals surface area contributed by atoms with Crippen molar-refractivity contribution in [3.8, 4) is 0 Å². The van der Waals surface area contributed by atoms with Gasteiger partial charge < -0.3 is 10.4 Å². The highest BCUT2D eigenvalue weighted by molar-refractivity contribution is 7.98. The minimum atomic E-state index is -0.905. The first-order valence-corrected chi connectivity index (χ1v) is 7.76. The van der Waals surface area contributed by atoms with Gasteiger partial charge in [-0.2, -0.15) is 11.8 Å². The van der Waals surface area contributed by atoms with Crippen LogP contribution in [0.3, 0.4) is 0 Å². The molecule has 0 saturated carbocycles. The van der Waals surface area contributed by atoms with Gasteiger partial charge in [0.1, 0.15) is 0 Å². The van der Waals surface area contributed by atoms with E-state index in [9.17, 15) is 9.90 Å². The Morgan fingerprint density at radius 2 is 2.15 bits per heavy atom. The topological polar surface area (TPSA) is 62.2 Å². The summed E-state index contributed by atoms with van der Waals surface area (Å²) in [6.45, 7) is 1.94. The molecule has 2 rings (SSSR count). The van der Waals surface area contributed by atoms with E-state index < -0.39 is 5.60 Å². The lowest BCUT2D eigenvalue weighted by molar-refractivity contribution is 0.0726. The normalized spacial score (nSPS) is 13.9. The number of thioether (sulfide) groups is 1. The van der Waals surface area contributed by atoms with E-state index >= 15 is 0 Å². The molecule has 5 heteroatoms. The zero-order valence-electron chi connectivity index (χ0n) is 11.6. The van der Waals surface area contributed by atoms with Crippen molar-refractivity contribution < 1.29 is 9.90 Å². The van der Waals surface area contributed by atoms with E-state index in [0.717, 1.165) is 10.9 Å². The molecule has 1 unspecified atom stereocenters. The van der Waals surface area contributed by atoms with Gasteiger partial charge in [-0.3, -0.25) is 9.78 Å². The van der Waals surface area contributed by atoms with Gasteiger partial charge in [0.05, 0.1) is 16.7 Å². The van der Waals surface area contributed by atoms with E-state index in [1.165, 1.54) is 0 Å². The first-order valence-electron chi connectivity index (χ1n) is 6.37. The molecule has 2 N–H and O–H groups in total. The van der Waals surface area contributed by atoms with Crippen LogP contribution in [0.5, 0.6) is 0 Å². The molecule has 106 valence electrons. The molecule has 1 aromatic carbocycles. The smallest absolute Gasteiger partial charge is 0.252 e. The average molecular weight is 290 g/mol. The number of hydrogen-bond donors (Lipinski definition) is 2. The summed E-state index contributed by atoms with van der Waals surface area (Å²) in [5.74, 6) is 0.384. The van der Waals surface area contributed by atoms with Gasteiger partial charge in [-0.1, -0.05) is 18.2 Å². The average Bonchev–Trinajstić information content (AvgIpc) is 2.44. The summed E-state index contributed by atoms with van der Waals surface area (Å²) in [5.41, 5.74) is 0.462. The van der Waals surface area contributed by atoms with E-state index in [2.05, 4.69) is 10.3 Å². The molecule has 0 radical (unpaired) electrons. The Balaban J connectivity index is 2.16. The van der Waals surface area contributed by atoms with E-state index in [4.69, 9.17) is 0 Å². The minimum absolute atomic E-state index is 0.190. The standard InChI is InChI=1S/C15H18N2O2S/c1-15(19,10-20-2)9-17-14(18)12-7-8-16-13-6-4-3-5-11(12)13/h3-8,19H,9-10H2,1-2H3,(H,17,18). The first-order chi connectivity index (χ1) is 9.53. The molecule has 0 bridgehead atoms. The summed E-state index contributed by atoms with van der Waals surface area (Å²) >= 11 is 1.55. The maximum atomic E-state index is 12.3. The number of nitrogens with one attached hydrogen (secondary N) is 1. The van der Waals surface area contributed by atoms with Gasteiger partial charge in [-0.25, -0.2) is 0 Å². The third-order valence-corrected chi connectivity index (χ3v) is 3.89. The maximum absolute atomic E-state index is 12.3. The van der Waals surface area contributed by atoms with Crippen LogP contribution < -0.4 is 5.32 Å². The summed E-state index contributed by atoms with van der Waals surface area (Å²) in [4.78, 5) is 16.5. The Morgan fingerprint density at radius 1 is 1.40 bits per heavy atom. The molecule has 1 aromatic heterocycles. The Labute approximate surface area is 122 Å². The Bertz CT molecular complexity index is 608. The van der Waals surface area contributed by atoms with Crippen LogP contribution in [0, 0.1) is 0 Å².